The van der Waals surface area contributed by atoms with Crippen LogP contribution in [0.15, 0.2) is 12.3 Å². The molecule has 0 spiro atoms. The van der Waals surface area contributed by atoms with Crippen molar-refractivity contribution in [1.29, 1.82) is 0 Å². The highest BCUT2D eigenvalue weighted by Crippen LogP contribution is 2.43. The molecule has 2 bridgehead atoms. The standard InChI is InChI=1S/C14H16N4O/c1-8-5-14-15-7-11-12-4-3-10(17(12)9(2)19)6-13(11)18(14)16-8/h5,7,10,12H,3-4,6H2,1-2H3. The average Bonchev–Trinajstić information content (AvgIpc) is 2.89. The van der Waals surface area contributed by atoms with Gasteiger partial charge in [-0.2, -0.15) is 5.10 Å². The molecule has 2 aromatic heterocycles. The van der Waals surface area contributed by atoms with E-state index >= 15 is 0 Å². The van der Waals surface area contributed by atoms with E-state index in [1.54, 1.807) is 6.92 Å². The summed E-state index contributed by atoms with van der Waals surface area (Å²) in [5.41, 5.74) is 4.32. The number of hydrogen-bond acceptors (Lipinski definition) is 3. The van der Waals surface area contributed by atoms with Crippen LogP contribution < -0.4 is 0 Å². The molecule has 5 heteroatoms. The Morgan fingerprint density at radius 2 is 2.26 bits per heavy atom. The monoisotopic (exact) mass is 256 g/mol. The number of fused-ring (bicyclic) bond motifs is 6. The summed E-state index contributed by atoms with van der Waals surface area (Å²) in [6.45, 7) is 3.65. The molecule has 0 N–H and O–H groups in total. The normalized spacial score (nSPS) is 24.8. The molecule has 1 fully saturated rings. The molecule has 2 unspecified atom stereocenters. The van der Waals surface area contributed by atoms with Crippen LogP contribution in [0.1, 0.15) is 42.8 Å². The van der Waals surface area contributed by atoms with Crippen LogP contribution in [0.4, 0.5) is 0 Å². The molecule has 0 saturated carbocycles. The first kappa shape index (κ1) is 11.0. The minimum absolute atomic E-state index is 0.176. The second-order valence-electron chi connectivity index (χ2n) is 5.59. The minimum atomic E-state index is 0.176. The van der Waals surface area contributed by atoms with E-state index in [1.165, 1.54) is 11.3 Å². The van der Waals surface area contributed by atoms with Gasteiger partial charge in [0.05, 0.1) is 17.4 Å². The summed E-state index contributed by atoms with van der Waals surface area (Å²) in [4.78, 5) is 18.3. The van der Waals surface area contributed by atoms with Crippen molar-refractivity contribution in [3.8, 4) is 0 Å². The lowest BCUT2D eigenvalue weighted by Gasteiger charge is -2.35. The van der Waals surface area contributed by atoms with E-state index in [2.05, 4.69) is 10.1 Å². The van der Waals surface area contributed by atoms with E-state index in [9.17, 15) is 4.79 Å². The van der Waals surface area contributed by atoms with Gasteiger partial charge in [0, 0.05) is 37.2 Å². The van der Waals surface area contributed by atoms with Crippen LogP contribution in [-0.4, -0.2) is 31.4 Å². The SMILES string of the molecule is CC(=O)N1C2CCC1c1cnc3cc(C)nn3c1C2. The summed E-state index contributed by atoms with van der Waals surface area (Å²) in [6, 6.07) is 2.54. The van der Waals surface area contributed by atoms with E-state index in [0.717, 1.165) is 30.6 Å². The average molecular weight is 256 g/mol. The molecular weight excluding hydrogens is 240 g/mol. The van der Waals surface area contributed by atoms with Crippen LogP contribution in [-0.2, 0) is 11.2 Å². The zero-order valence-corrected chi connectivity index (χ0v) is 11.1. The quantitative estimate of drug-likeness (QED) is 0.720. The highest BCUT2D eigenvalue weighted by Gasteiger charge is 2.42. The predicted octanol–water partition coefficient (Wildman–Crippen LogP) is 1.65. The lowest BCUT2D eigenvalue weighted by molar-refractivity contribution is -0.132. The molecule has 0 aliphatic carbocycles. The Morgan fingerprint density at radius 3 is 3.05 bits per heavy atom. The molecule has 1 amide bonds. The molecule has 1 saturated heterocycles. The van der Waals surface area contributed by atoms with Crippen molar-refractivity contribution >= 4 is 11.6 Å². The van der Waals surface area contributed by atoms with Gasteiger partial charge in [0.25, 0.3) is 0 Å². The van der Waals surface area contributed by atoms with Crippen LogP contribution in [0.25, 0.3) is 5.65 Å². The highest BCUT2D eigenvalue weighted by molar-refractivity contribution is 5.75. The van der Waals surface area contributed by atoms with Crippen molar-refractivity contribution in [3.05, 3.63) is 29.2 Å². The van der Waals surface area contributed by atoms with Crippen molar-refractivity contribution < 1.29 is 4.79 Å². The van der Waals surface area contributed by atoms with Crippen molar-refractivity contribution in [3.63, 3.8) is 0 Å². The second-order valence-corrected chi connectivity index (χ2v) is 5.59. The first-order valence-corrected chi connectivity index (χ1v) is 6.78. The summed E-state index contributed by atoms with van der Waals surface area (Å²) >= 11 is 0. The summed E-state index contributed by atoms with van der Waals surface area (Å²) in [6.07, 6.45) is 4.96. The van der Waals surface area contributed by atoms with Gasteiger partial charge in [0.1, 0.15) is 0 Å². The third kappa shape index (κ3) is 1.38. The Hall–Kier alpha value is -1.91. The van der Waals surface area contributed by atoms with Gasteiger partial charge in [0.15, 0.2) is 5.65 Å². The predicted molar refractivity (Wildman–Crippen MR) is 69.7 cm³/mol. The molecule has 2 atom stereocenters. The first-order chi connectivity index (χ1) is 9.15. The van der Waals surface area contributed by atoms with Gasteiger partial charge < -0.3 is 4.90 Å². The molecule has 4 heterocycles. The van der Waals surface area contributed by atoms with E-state index in [4.69, 9.17) is 0 Å². The van der Waals surface area contributed by atoms with Crippen LogP contribution in [0.3, 0.4) is 0 Å². The molecule has 2 aromatic rings. The Balaban J connectivity index is 1.94. The number of carbonyl (C=O) groups is 1. The number of hydrogen-bond donors (Lipinski definition) is 0. The van der Waals surface area contributed by atoms with E-state index in [1.807, 2.05) is 28.6 Å². The van der Waals surface area contributed by atoms with E-state index < -0.39 is 0 Å². The van der Waals surface area contributed by atoms with Gasteiger partial charge in [-0.25, -0.2) is 9.50 Å². The fourth-order valence-electron chi connectivity index (χ4n) is 3.68. The molecular formula is C14H16N4O. The largest absolute Gasteiger partial charge is 0.332 e. The van der Waals surface area contributed by atoms with E-state index in [0.29, 0.717) is 6.04 Å². The van der Waals surface area contributed by atoms with Crippen molar-refractivity contribution in [2.75, 3.05) is 0 Å². The molecule has 0 aromatic carbocycles. The van der Waals surface area contributed by atoms with Gasteiger partial charge in [-0.1, -0.05) is 0 Å². The highest BCUT2D eigenvalue weighted by atomic mass is 16.2. The fourth-order valence-corrected chi connectivity index (χ4v) is 3.68. The molecule has 4 rings (SSSR count). The van der Waals surface area contributed by atoms with Crippen LogP contribution in [0.2, 0.25) is 0 Å². The van der Waals surface area contributed by atoms with Gasteiger partial charge >= 0.3 is 0 Å². The topological polar surface area (TPSA) is 50.5 Å². The third-order valence-electron chi connectivity index (χ3n) is 4.39. The third-order valence-corrected chi connectivity index (χ3v) is 4.39. The number of nitrogens with zero attached hydrogens (tertiary/aromatic N) is 4. The van der Waals surface area contributed by atoms with Crippen molar-refractivity contribution in [2.24, 2.45) is 0 Å². The number of aromatic nitrogens is 3. The van der Waals surface area contributed by atoms with Gasteiger partial charge in [-0.3, -0.25) is 4.79 Å². The lowest BCUT2D eigenvalue weighted by atomic mass is 9.99. The first-order valence-electron chi connectivity index (χ1n) is 6.78. The zero-order valence-electron chi connectivity index (χ0n) is 11.1. The molecule has 0 radical (unpaired) electrons. The Kier molecular flexibility index (Phi) is 2.05. The molecule has 98 valence electrons. The summed E-state index contributed by atoms with van der Waals surface area (Å²) in [5, 5.41) is 4.54. The number of rotatable bonds is 0. The molecule has 19 heavy (non-hydrogen) atoms. The summed E-state index contributed by atoms with van der Waals surface area (Å²) in [5.74, 6) is 0.176. The van der Waals surface area contributed by atoms with Crippen molar-refractivity contribution in [1.82, 2.24) is 19.5 Å². The lowest BCUT2D eigenvalue weighted by Crippen LogP contribution is -2.41. The smallest absolute Gasteiger partial charge is 0.220 e. The Morgan fingerprint density at radius 1 is 1.42 bits per heavy atom. The molecule has 2 aliphatic rings. The minimum Gasteiger partial charge on any atom is -0.332 e. The Bertz CT molecular complexity index is 690. The number of amides is 1. The van der Waals surface area contributed by atoms with E-state index in [-0.39, 0.29) is 11.9 Å². The number of aryl methyl sites for hydroxylation is 1. The maximum atomic E-state index is 11.8. The second kappa shape index (κ2) is 3.56. The number of carbonyl (C=O) groups excluding carboxylic acids is 1. The van der Waals surface area contributed by atoms with Crippen LogP contribution >= 0.6 is 0 Å². The molecule has 2 aliphatic heterocycles. The Labute approximate surface area is 111 Å². The zero-order chi connectivity index (χ0) is 13.1. The summed E-state index contributed by atoms with van der Waals surface area (Å²) in [7, 11) is 0. The molecule has 5 nitrogen and oxygen atoms in total. The maximum Gasteiger partial charge on any atom is 0.220 e. The van der Waals surface area contributed by atoms with Crippen molar-refractivity contribution in [2.45, 2.75) is 45.2 Å². The maximum absolute atomic E-state index is 11.8. The van der Waals surface area contributed by atoms with Gasteiger partial charge in [-0.05, 0) is 19.8 Å². The van der Waals surface area contributed by atoms with Gasteiger partial charge in [-0.15, -0.1) is 0 Å². The fraction of sp³-hybridized carbons (Fsp3) is 0.500. The summed E-state index contributed by atoms with van der Waals surface area (Å²) < 4.78 is 1.97. The van der Waals surface area contributed by atoms with Crippen LogP contribution in [0.5, 0.6) is 0 Å². The van der Waals surface area contributed by atoms with Gasteiger partial charge in [0.2, 0.25) is 5.91 Å². The van der Waals surface area contributed by atoms with Crippen LogP contribution in [0, 0.1) is 6.92 Å².